The minimum atomic E-state index is -0.521. The van der Waals surface area contributed by atoms with Crippen molar-refractivity contribution in [2.24, 2.45) is 16.7 Å². The van der Waals surface area contributed by atoms with Gasteiger partial charge in [-0.15, -0.1) is 5.01 Å². The molecule has 1 unspecified atom stereocenters. The third-order valence-corrected chi connectivity index (χ3v) is 1.12. The fourth-order valence-electron chi connectivity index (χ4n) is 0.629. The molecule has 0 fully saturated rings. The van der Waals surface area contributed by atoms with Gasteiger partial charge in [-0.25, -0.2) is 0 Å². The van der Waals surface area contributed by atoms with Crippen molar-refractivity contribution in [1.29, 1.82) is 0 Å². The molecule has 7 heteroatoms. The van der Waals surface area contributed by atoms with Crippen LogP contribution >= 0.6 is 0 Å². The molecule has 0 heterocycles. The van der Waals surface area contributed by atoms with Crippen LogP contribution in [0.15, 0.2) is 5.28 Å². The van der Waals surface area contributed by atoms with Crippen molar-refractivity contribution in [2.75, 3.05) is 13.1 Å². The third-order valence-electron chi connectivity index (χ3n) is 1.12. The minimum absolute atomic E-state index is 0.0114. The summed E-state index contributed by atoms with van der Waals surface area (Å²) in [6, 6.07) is 0. The lowest BCUT2D eigenvalue weighted by atomic mass is 10.5. The first kappa shape index (κ1) is 9.92. The van der Waals surface area contributed by atoms with Crippen molar-refractivity contribution in [2.45, 2.75) is 13.1 Å². The molecule has 1 atom stereocenters. The van der Waals surface area contributed by atoms with Gasteiger partial charge in [-0.1, -0.05) is 0 Å². The number of hydrogen-bond donors (Lipinski definition) is 3. The Kier molecular flexibility index (Phi) is 4.23. The van der Waals surface area contributed by atoms with E-state index in [0.717, 1.165) is 5.01 Å². The van der Waals surface area contributed by atoms with Crippen LogP contribution in [-0.2, 0) is 0 Å². The van der Waals surface area contributed by atoms with Gasteiger partial charge in [0.15, 0.2) is 0 Å². The van der Waals surface area contributed by atoms with Crippen LogP contribution in [0.5, 0.6) is 0 Å². The number of rotatable bonds is 4. The lowest BCUT2D eigenvalue weighted by Gasteiger charge is -2.19. The van der Waals surface area contributed by atoms with Crippen LogP contribution in [0, 0.1) is 5.21 Å². The highest BCUT2D eigenvalue weighted by atomic mass is 16.6. The predicted molar refractivity (Wildman–Crippen MR) is 37.3 cm³/mol. The summed E-state index contributed by atoms with van der Waals surface area (Å²) in [5.41, 5.74) is 10.5. The average Bonchev–Trinajstić information content (AvgIpc) is 1.98. The molecule has 0 amide bonds. The Labute approximate surface area is 64.4 Å². The van der Waals surface area contributed by atoms with Gasteiger partial charge in [0.1, 0.15) is 6.17 Å². The van der Waals surface area contributed by atoms with E-state index in [2.05, 4.69) is 5.28 Å². The second kappa shape index (κ2) is 4.69. The van der Waals surface area contributed by atoms with Gasteiger partial charge in [0.05, 0.1) is 11.5 Å². The van der Waals surface area contributed by atoms with Crippen LogP contribution < -0.4 is 11.5 Å². The molecule has 66 valence electrons. The van der Waals surface area contributed by atoms with Crippen LogP contribution in [0.4, 0.5) is 0 Å². The first-order valence-electron chi connectivity index (χ1n) is 3.18. The Hall–Kier alpha value is -1.08. The zero-order valence-electron chi connectivity index (χ0n) is 6.34. The van der Waals surface area contributed by atoms with E-state index in [0.29, 0.717) is 0 Å². The van der Waals surface area contributed by atoms with Gasteiger partial charge < -0.3 is 21.9 Å². The number of hydrazine groups is 1. The van der Waals surface area contributed by atoms with Crippen molar-refractivity contribution >= 4 is 0 Å². The SMILES string of the molecule is CC(N)N(CCN)/[N+]([O-])=N\O. The topological polar surface area (TPSA) is 114 Å². The molecule has 5 N–H and O–H groups in total. The van der Waals surface area contributed by atoms with Crippen LogP contribution in [0.3, 0.4) is 0 Å². The summed E-state index contributed by atoms with van der Waals surface area (Å²) in [5.74, 6) is 0. The van der Waals surface area contributed by atoms with E-state index in [1.807, 2.05) is 0 Å². The van der Waals surface area contributed by atoms with Crippen LogP contribution in [0.1, 0.15) is 6.92 Å². The molecule has 0 aliphatic rings. The van der Waals surface area contributed by atoms with E-state index in [4.69, 9.17) is 16.7 Å². The quantitative estimate of drug-likeness (QED) is 0.209. The molecule has 0 bridgehead atoms. The number of nitrogens with two attached hydrogens (primary N) is 2. The van der Waals surface area contributed by atoms with Crippen molar-refractivity contribution in [1.82, 2.24) is 5.01 Å². The fourth-order valence-corrected chi connectivity index (χ4v) is 0.629. The van der Waals surface area contributed by atoms with Crippen molar-refractivity contribution in [3.8, 4) is 0 Å². The molecule has 0 aromatic rings. The normalized spacial score (nSPS) is 14.6. The Morgan fingerprint density at radius 3 is 2.64 bits per heavy atom. The molecule has 0 saturated heterocycles. The molecular formula is C4H13N5O2. The van der Waals surface area contributed by atoms with Crippen molar-refractivity contribution in [3.05, 3.63) is 5.21 Å². The molecule has 0 spiro atoms. The molecule has 0 aromatic heterocycles. The maximum atomic E-state index is 10.6. The monoisotopic (exact) mass is 163 g/mol. The minimum Gasteiger partial charge on any atom is -0.569 e. The lowest BCUT2D eigenvalue weighted by molar-refractivity contribution is -0.716. The van der Waals surface area contributed by atoms with E-state index in [1.165, 1.54) is 0 Å². The molecule has 0 aliphatic heterocycles. The summed E-state index contributed by atoms with van der Waals surface area (Å²) in [4.78, 5) is 0.0114. The average molecular weight is 163 g/mol. The highest BCUT2D eigenvalue weighted by Gasteiger charge is 2.15. The first-order valence-corrected chi connectivity index (χ1v) is 3.18. The Balaban J connectivity index is 4.10. The predicted octanol–water partition coefficient (Wildman–Crippen LogP) is -1.18. The number of hydrogen-bond acceptors (Lipinski definition) is 4. The summed E-state index contributed by atoms with van der Waals surface area (Å²) in [7, 11) is 0. The summed E-state index contributed by atoms with van der Waals surface area (Å²) in [6.07, 6.45) is -0.521. The van der Waals surface area contributed by atoms with Gasteiger partial charge in [0, 0.05) is 6.54 Å². The fraction of sp³-hybridized carbons (Fsp3) is 1.00. The smallest absolute Gasteiger partial charge is 0.230 e. The molecule has 11 heavy (non-hydrogen) atoms. The largest absolute Gasteiger partial charge is 0.569 e. The van der Waals surface area contributed by atoms with Gasteiger partial charge in [0.2, 0.25) is 5.28 Å². The van der Waals surface area contributed by atoms with E-state index in [-0.39, 0.29) is 18.1 Å². The van der Waals surface area contributed by atoms with Gasteiger partial charge >= 0.3 is 0 Å². The van der Waals surface area contributed by atoms with Gasteiger partial charge in [-0.3, -0.25) is 0 Å². The first-order chi connectivity index (χ1) is 5.13. The van der Waals surface area contributed by atoms with Crippen LogP contribution in [-0.4, -0.2) is 34.4 Å². The van der Waals surface area contributed by atoms with Crippen molar-refractivity contribution in [3.63, 3.8) is 0 Å². The van der Waals surface area contributed by atoms with Gasteiger partial charge in [0.25, 0.3) is 0 Å². The Bertz CT molecular complexity index is 136. The van der Waals surface area contributed by atoms with Crippen molar-refractivity contribution < 1.29 is 10.2 Å². The third kappa shape index (κ3) is 3.01. The second-order valence-corrected chi connectivity index (χ2v) is 2.03. The van der Waals surface area contributed by atoms with E-state index < -0.39 is 6.17 Å². The second-order valence-electron chi connectivity index (χ2n) is 2.03. The standard InChI is InChI=1S/C4H13N5O2/c1-4(6)8(3-2-5)9(11)7-10/h4,10H,2-3,5-6H2,1H3/b9-7+. The molecule has 0 radical (unpaired) electrons. The lowest BCUT2D eigenvalue weighted by Crippen LogP contribution is -2.46. The summed E-state index contributed by atoms with van der Waals surface area (Å²) >= 11 is 0. The summed E-state index contributed by atoms with van der Waals surface area (Å²) in [6.45, 7) is 2.12. The van der Waals surface area contributed by atoms with E-state index >= 15 is 0 Å². The molecule has 0 aromatic carbocycles. The zero-order valence-corrected chi connectivity index (χ0v) is 6.34. The highest BCUT2D eigenvalue weighted by Crippen LogP contribution is 1.92. The Morgan fingerprint density at radius 2 is 2.36 bits per heavy atom. The summed E-state index contributed by atoms with van der Waals surface area (Å²) < 4.78 is 0. The van der Waals surface area contributed by atoms with Gasteiger partial charge in [-0.2, -0.15) is 0 Å². The van der Waals surface area contributed by atoms with Crippen LogP contribution in [0.2, 0.25) is 0 Å². The zero-order chi connectivity index (χ0) is 8.85. The summed E-state index contributed by atoms with van der Waals surface area (Å²) in [5, 5.41) is 22.2. The molecule has 0 rings (SSSR count). The molecule has 0 aliphatic carbocycles. The molecule has 7 nitrogen and oxygen atoms in total. The maximum Gasteiger partial charge on any atom is 0.230 e. The van der Waals surface area contributed by atoms with E-state index in [1.54, 1.807) is 6.92 Å². The number of nitrogens with zero attached hydrogens (tertiary/aromatic N) is 3. The van der Waals surface area contributed by atoms with Crippen LogP contribution in [0.25, 0.3) is 0 Å². The van der Waals surface area contributed by atoms with E-state index in [9.17, 15) is 5.21 Å². The highest BCUT2D eigenvalue weighted by molar-refractivity contribution is 4.49. The molecular weight excluding hydrogens is 150 g/mol. The van der Waals surface area contributed by atoms with Gasteiger partial charge in [-0.05, 0) is 6.92 Å². The Morgan fingerprint density at radius 1 is 1.82 bits per heavy atom. The molecule has 0 saturated carbocycles. The maximum absolute atomic E-state index is 10.6.